The molecule has 4 rings (SSSR count). The minimum absolute atomic E-state index is 0.168. The minimum Gasteiger partial charge on any atom is -0.381 e. The summed E-state index contributed by atoms with van der Waals surface area (Å²) in [6.45, 7) is 11.0. The van der Waals surface area contributed by atoms with Gasteiger partial charge >= 0.3 is 0 Å². The maximum atomic E-state index is 13.6. The first-order valence-electron chi connectivity index (χ1n) is 12.2. The van der Waals surface area contributed by atoms with Gasteiger partial charge in [-0.3, -0.25) is 4.79 Å². The molecule has 172 valence electrons. The van der Waals surface area contributed by atoms with Crippen molar-refractivity contribution in [1.82, 2.24) is 10.2 Å². The lowest BCUT2D eigenvalue weighted by molar-refractivity contribution is -0.137. The molecule has 2 fully saturated rings. The molecule has 2 aromatic rings. The molecule has 0 bridgehead atoms. The monoisotopic (exact) mass is 434 g/mol. The Morgan fingerprint density at radius 3 is 2.41 bits per heavy atom. The molecule has 2 aliphatic rings. The van der Waals surface area contributed by atoms with E-state index in [1.165, 1.54) is 40.7 Å². The summed E-state index contributed by atoms with van der Waals surface area (Å²) >= 11 is 0. The van der Waals surface area contributed by atoms with Crippen LogP contribution in [0.1, 0.15) is 49.3 Å². The van der Waals surface area contributed by atoms with Crippen LogP contribution in [0.15, 0.2) is 42.5 Å². The zero-order chi connectivity index (χ0) is 22.6. The first-order valence-corrected chi connectivity index (χ1v) is 12.2. The van der Waals surface area contributed by atoms with Crippen LogP contribution in [0.25, 0.3) is 11.1 Å². The lowest BCUT2D eigenvalue weighted by Crippen LogP contribution is -2.51. The lowest BCUT2D eigenvalue weighted by Gasteiger charge is -2.37. The Kier molecular flexibility index (Phi) is 7.32. The molecule has 0 aromatic heterocycles. The van der Waals surface area contributed by atoms with Gasteiger partial charge in [-0.05, 0) is 82.7 Å². The van der Waals surface area contributed by atoms with E-state index in [9.17, 15) is 4.79 Å². The summed E-state index contributed by atoms with van der Waals surface area (Å²) in [5, 5.41) is 3.36. The van der Waals surface area contributed by atoms with Crippen LogP contribution in [0.2, 0.25) is 0 Å². The van der Waals surface area contributed by atoms with Crippen molar-refractivity contribution in [3.8, 4) is 11.1 Å². The lowest BCUT2D eigenvalue weighted by atomic mass is 9.74. The Labute approximate surface area is 193 Å². The van der Waals surface area contributed by atoms with E-state index in [0.29, 0.717) is 13.2 Å². The van der Waals surface area contributed by atoms with E-state index >= 15 is 0 Å². The highest BCUT2D eigenvalue weighted by molar-refractivity contribution is 5.83. The van der Waals surface area contributed by atoms with E-state index in [1.54, 1.807) is 0 Å². The van der Waals surface area contributed by atoms with Crippen molar-refractivity contribution in [2.24, 2.45) is 5.41 Å². The third-order valence-electron chi connectivity index (χ3n) is 7.06. The molecule has 0 aliphatic carbocycles. The van der Waals surface area contributed by atoms with Gasteiger partial charge in [-0.15, -0.1) is 0 Å². The maximum Gasteiger partial charge on any atom is 0.226 e. The predicted molar refractivity (Wildman–Crippen MR) is 131 cm³/mol. The molecule has 1 atom stereocenters. The van der Waals surface area contributed by atoms with Crippen molar-refractivity contribution in [2.45, 2.75) is 58.9 Å². The minimum atomic E-state index is -0.390. The van der Waals surface area contributed by atoms with Crippen LogP contribution in [0.3, 0.4) is 0 Å². The quantitative estimate of drug-likeness (QED) is 0.673. The zero-order valence-electron chi connectivity index (χ0n) is 20.0. The molecule has 2 aromatic carbocycles. The van der Waals surface area contributed by atoms with E-state index < -0.39 is 5.41 Å². The summed E-state index contributed by atoms with van der Waals surface area (Å²) in [5.41, 5.74) is 5.85. The molecule has 0 spiro atoms. The number of nitrogens with one attached hydrogen (secondary N) is 1. The average molecular weight is 435 g/mol. The zero-order valence-corrected chi connectivity index (χ0v) is 20.0. The summed E-state index contributed by atoms with van der Waals surface area (Å²) in [5.74, 6) is 0.198. The second-order valence-electron chi connectivity index (χ2n) is 10.0. The Hall–Kier alpha value is -2.17. The van der Waals surface area contributed by atoms with Gasteiger partial charge in [0.25, 0.3) is 0 Å². The van der Waals surface area contributed by atoms with Gasteiger partial charge in [0.05, 0.1) is 5.41 Å². The number of hydrogen-bond donors (Lipinski definition) is 1. The standard InChI is InChI=1S/C28H38N2O2/c1-21-15-22(2)17-26(16-21)25-8-6-7-24(18-25)19-28(9-13-32-14-10-28)27(31)29-23(3)20-30-11-4-5-12-30/h6-8,15-18,23H,4-5,9-14,19-20H2,1-3H3,(H,29,31). The molecular weight excluding hydrogens is 396 g/mol. The van der Waals surface area contributed by atoms with Crippen molar-refractivity contribution < 1.29 is 9.53 Å². The highest BCUT2D eigenvalue weighted by Gasteiger charge is 2.40. The first kappa shape index (κ1) is 23.0. The van der Waals surface area contributed by atoms with Gasteiger partial charge in [-0.1, -0.05) is 53.6 Å². The second kappa shape index (κ2) is 10.2. The maximum absolute atomic E-state index is 13.6. The number of ether oxygens (including phenoxy) is 1. The van der Waals surface area contributed by atoms with E-state index in [2.05, 4.69) is 73.5 Å². The number of carbonyl (C=O) groups is 1. The summed E-state index contributed by atoms with van der Waals surface area (Å²) in [6, 6.07) is 15.6. The average Bonchev–Trinajstić information content (AvgIpc) is 3.27. The number of aryl methyl sites for hydroxylation is 2. The largest absolute Gasteiger partial charge is 0.381 e. The van der Waals surface area contributed by atoms with Crippen molar-refractivity contribution in [2.75, 3.05) is 32.8 Å². The number of nitrogens with zero attached hydrogens (tertiary/aromatic N) is 1. The van der Waals surface area contributed by atoms with Crippen molar-refractivity contribution in [1.29, 1.82) is 0 Å². The Morgan fingerprint density at radius 2 is 1.72 bits per heavy atom. The normalized spacial score (nSPS) is 19.6. The molecular formula is C28H38N2O2. The van der Waals surface area contributed by atoms with Crippen LogP contribution in [0, 0.1) is 19.3 Å². The van der Waals surface area contributed by atoms with Crippen LogP contribution in [0.5, 0.6) is 0 Å². The fraction of sp³-hybridized carbons (Fsp3) is 0.536. The molecule has 2 heterocycles. The van der Waals surface area contributed by atoms with Gasteiger partial charge in [0, 0.05) is 25.8 Å². The van der Waals surface area contributed by atoms with Crippen LogP contribution < -0.4 is 5.32 Å². The SMILES string of the molecule is Cc1cc(C)cc(-c2cccc(CC3(C(=O)NC(C)CN4CCCC4)CCOCC3)c2)c1. The highest BCUT2D eigenvalue weighted by Crippen LogP contribution is 2.36. The van der Waals surface area contributed by atoms with E-state index in [1.807, 2.05) is 0 Å². The summed E-state index contributed by atoms with van der Waals surface area (Å²) < 4.78 is 5.66. The van der Waals surface area contributed by atoms with Crippen LogP contribution in [-0.4, -0.2) is 49.7 Å². The number of carbonyl (C=O) groups excluding carboxylic acids is 1. The van der Waals surface area contributed by atoms with Gasteiger partial charge in [0.2, 0.25) is 5.91 Å². The predicted octanol–water partition coefficient (Wildman–Crippen LogP) is 4.91. The first-order chi connectivity index (χ1) is 15.4. The van der Waals surface area contributed by atoms with Crippen LogP contribution in [0.4, 0.5) is 0 Å². The molecule has 4 heteroatoms. The van der Waals surface area contributed by atoms with E-state index in [4.69, 9.17) is 4.74 Å². The molecule has 1 amide bonds. The number of benzene rings is 2. The molecule has 4 nitrogen and oxygen atoms in total. The summed E-state index contributed by atoms with van der Waals surface area (Å²) in [7, 11) is 0. The van der Waals surface area contributed by atoms with E-state index in [0.717, 1.165) is 38.9 Å². The van der Waals surface area contributed by atoms with Crippen LogP contribution >= 0.6 is 0 Å². The van der Waals surface area contributed by atoms with Gasteiger partial charge in [-0.2, -0.15) is 0 Å². The van der Waals surface area contributed by atoms with Gasteiger partial charge in [0.15, 0.2) is 0 Å². The Balaban J connectivity index is 1.51. The van der Waals surface area contributed by atoms with Crippen molar-refractivity contribution >= 4 is 5.91 Å². The molecule has 0 saturated carbocycles. The van der Waals surface area contributed by atoms with E-state index in [-0.39, 0.29) is 11.9 Å². The fourth-order valence-electron chi connectivity index (χ4n) is 5.41. The number of hydrogen-bond acceptors (Lipinski definition) is 3. The van der Waals surface area contributed by atoms with Gasteiger partial charge in [0.1, 0.15) is 0 Å². The third kappa shape index (κ3) is 5.60. The fourth-order valence-corrected chi connectivity index (χ4v) is 5.41. The van der Waals surface area contributed by atoms with Crippen LogP contribution in [-0.2, 0) is 16.0 Å². The summed E-state index contributed by atoms with van der Waals surface area (Å²) in [4.78, 5) is 16.0. The van der Waals surface area contributed by atoms with Gasteiger partial charge in [-0.25, -0.2) is 0 Å². The molecule has 0 radical (unpaired) electrons. The topological polar surface area (TPSA) is 41.6 Å². The molecule has 32 heavy (non-hydrogen) atoms. The highest BCUT2D eigenvalue weighted by atomic mass is 16.5. The van der Waals surface area contributed by atoms with Crippen molar-refractivity contribution in [3.05, 3.63) is 59.2 Å². The van der Waals surface area contributed by atoms with Crippen molar-refractivity contribution in [3.63, 3.8) is 0 Å². The Morgan fingerprint density at radius 1 is 1.03 bits per heavy atom. The number of likely N-dealkylation sites (tertiary alicyclic amines) is 1. The van der Waals surface area contributed by atoms with Gasteiger partial charge < -0.3 is 15.0 Å². The number of rotatable bonds is 7. The second-order valence-corrected chi connectivity index (χ2v) is 10.0. The Bertz CT molecular complexity index is 907. The molecule has 2 saturated heterocycles. The molecule has 1 unspecified atom stereocenters. The molecule has 2 aliphatic heterocycles. The smallest absolute Gasteiger partial charge is 0.226 e. The molecule has 1 N–H and O–H groups in total. The number of amides is 1. The third-order valence-corrected chi connectivity index (χ3v) is 7.06. The summed E-state index contributed by atoms with van der Waals surface area (Å²) in [6.07, 6.45) is 4.88.